The van der Waals surface area contributed by atoms with E-state index < -0.39 is 5.41 Å². The first-order valence-corrected chi connectivity index (χ1v) is 10.2. The Morgan fingerprint density at radius 2 is 1.97 bits per heavy atom. The zero-order valence-electron chi connectivity index (χ0n) is 17.4. The van der Waals surface area contributed by atoms with Crippen molar-refractivity contribution in [2.24, 2.45) is 17.1 Å². The highest BCUT2D eigenvalue weighted by Gasteiger charge is 2.71. The first-order valence-electron chi connectivity index (χ1n) is 10.2. The van der Waals surface area contributed by atoms with Gasteiger partial charge in [0.2, 0.25) is 5.78 Å². The quantitative estimate of drug-likeness (QED) is 0.424. The summed E-state index contributed by atoms with van der Waals surface area (Å²) in [5, 5.41) is 0.853. The van der Waals surface area contributed by atoms with E-state index >= 15 is 0 Å². The summed E-state index contributed by atoms with van der Waals surface area (Å²) in [6, 6.07) is 5.65. The molecule has 0 saturated heterocycles. The molecule has 2 aliphatic carbocycles. The number of rotatable bonds is 6. The maximum Gasteiger partial charge on any atom is 0.210 e. The normalized spacial score (nSPS) is 26.0. The second kappa shape index (κ2) is 6.94. The van der Waals surface area contributed by atoms with E-state index in [1.807, 2.05) is 12.1 Å². The summed E-state index contributed by atoms with van der Waals surface area (Å²) in [5.74, 6) is -0.464. The molecule has 4 rings (SSSR count). The number of H-pyrrole nitrogens is 1. The molecule has 30 heavy (non-hydrogen) atoms. The molecule has 2 aliphatic rings. The topological polar surface area (TPSA) is 93.0 Å². The van der Waals surface area contributed by atoms with Gasteiger partial charge in [-0.15, -0.1) is 0 Å². The van der Waals surface area contributed by atoms with Crippen LogP contribution in [0.2, 0.25) is 0 Å². The van der Waals surface area contributed by atoms with Crippen LogP contribution in [-0.4, -0.2) is 22.3 Å². The molecule has 3 N–H and O–H groups in total. The van der Waals surface area contributed by atoms with Crippen molar-refractivity contribution >= 4 is 34.3 Å². The molecule has 5 heteroatoms. The Kier molecular flexibility index (Phi) is 4.64. The van der Waals surface area contributed by atoms with Gasteiger partial charge < -0.3 is 10.7 Å². The van der Waals surface area contributed by atoms with Crippen molar-refractivity contribution < 1.29 is 14.4 Å². The van der Waals surface area contributed by atoms with Gasteiger partial charge >= 0.3 is 0 Å². The molecule has 1 heterocycles. The van der Waals surface area contributed by atoms with Crippen LogP contribution in [-0.2, 0) is 9.59 Å². The number of nitrogens with one attached hydrogen (secondary N) is 1. The molecular formula is C25H26N2O3. The van der Waals surface area contributed by atoms with Crippen LogP contribution in [0.4, 0.5) is 0 Å². The number of ketones is 3. The lowest BCUT2D eigenvalue weighted by atomic mass is 9.84. The van der Waals surface area contributed by atoms with Crippen molar-refractivity contribution in [1.82, 2.24) is 4.98 Å². The summed E-state index contributed by atoms with van der Waals surface area (Å²) in [6.45, 7) is 10.8. The molecule has 0 bridgehead atoms. The Hall–Kier alpha value is -3.21. The fraction of sp³-hybridized carbons (Fsp3) is 0.320. The average molecular weight is 402 g/mol. The maximum atomic E-state index is 13.0. The van der Waals surface area contributed by atoms with E-state index in [9.17, 15) is 14.4 Å². The largest absolute Gasteiger partial charge is 0.402 e. The van der Waals surface area contributed by atoms with Gasteiger partial charge in [0.25, 0.3) is 0 Å². The van der Waals surface area contributed by atoms with Crippen LogP contribution in [0.5, 0.6) is 0 Å². The van der Waals surface area contributed by atoms with Gasteiger partial charge in [-0.25, -0.2) is 0 Å². The molecule has 154 valence electrons. The van der Waals surface area contributed by atoms with E-state index in [2.05, 4.69) is 18.1 Å². The van der Waals surface area contributed by atoms with Gasteiger partial charge in [-0.1, -0.05) is 31.7 Å². The fourth-order valence-corrected chi connectivity index (χ4v) is 5.36. The van der Waals surface area contributed by atoms with E-state index in [0.717, 1.165) is 41.3 Å². The highest BCUT2D eigenvalue weighted by molar-refractivity contribution is 6.14. The lowest BCUT2D eigenvalue weighted by Gasteiger charge is -2.16. The molecule has 1 aromatic heterocycles. The minimum absolute atomic E-state index is 0.0956. The fourth-order valence-electron chi connectivity index (χ4n) is 5.36. The second-order valence-corrected chi connectivity index (χ2v) is 8.48. The van der Waals surface area contributed by atoms with Crippen LogP contribution >= 0.6 is 0 Å². The highest BCUT2D eigenvalue weighted by Crippen LogP contribution is 2.67. The molecule has 1 spiro atoms. The lowest BCUT2D eigenvalue weighted by Crippen LogP contribution is -2.20. The van der Waals surface area contributed by atoms with Gasteiger partial charge in [-0.05, 0) is 56.0 Å². The molecule has 3 atom stereocenters. The first-order chi connectivity index (χ1) is 14.3. The Labute approximate surface area is 175 Å². The van der Waals surface area contributed by atoms with Crippen molar-refractivity contribution in [1.29, 1.82) is 0 Å². The Morgan fingerprint density at radius 1 is 1.23 bits per heavy atom. The van der Waals surface area contributed by atoms with E-state index in [1.165, 1.54) is 6.08 Å². The van der Waals surface area contributed by atoms with Gasteiger partial charge in [0, 0.05) is 28.1 Å². The van der Waals surface area contributed by atoms with Gasteiger partial charge in [-0.2, -0.15) is 0 Å². The molecule has 2 saturated carbocycles. The third-order valence-corrected chi connectivity index (χ3v) is 6.82. The van der Waals surface area contributed by atoms with Gasteiger partial charge in [0.05, 0.1) is 17.0 Å². The highest BCUT2D eigenvalue weighted by atomic mass is 16.1. The number of carbonyl (C=O) groups excluding carboxylic acids is 3. The standard InChI is InChI=1S/C25H26N2O3/c1-5-15-10-16-11-21(23(29)17(6-2)13(3)26)27-20(16)12-18(15)22-24(30)25(22)9-7-8-19(25)14(4)28/h5-6,10-12,19,22,27H,1-2,7-9,26H2,3-4H3/b17-13-. The van der Waals surface area contributed by atoms with E-state index in [4.69, 9.17) is 5.73 Å². The Balaban J connectivity index is 1.79. The van der Waals surface area contributed by atoms with Crippen LogP contribution in [0.3, 0.4) is 0 Å². The van der Waals surface area contributed by atoms with E-state index in [-0.39, 0.29) is 29.2 Å². The Bertz CT molecular complexity index is 1160. The van der Waals surface area contributed by atoms with Crippen molar-refractivity contribution in [3.63, 3.8) is 0 Å². The van der Waals surface area contributed by atoms with Crippen molar-refractivity contribution in [2.45, 2.75) is 39.0 Å². The summed E-state index contributed by atoms with van der Waals surface area (Å²) in [5.41, 5.74) is 8.94. The summed E-state index contributed by atoms with van der Waals surface area (Å²) >= 11 is 0. The number of Topliss-reactive ketones (excluding diaryl/α,β-unsaturated/α-hetero) is 3. The third kappa shape index (κ3) is 2.72. The van der Waals surface area contributed by atoms with Gasteiger partial charge in [0.1, 0.15) is 11.6 Å². The maximum absolute atomic E-state index is 13.0. The number of hydrogen-bond donors (Lipinski definition) is 2. The van der Waals surface area contributed by atoms with Crippen LogP contribution in [0.1, 0.15) is 60.6 Å². The number of allylic oxidation sites excluding steroid dienone is 3. The number of carbonyl (C=O) groups is 3. The smallest absolute Gasteiger partial charge is 0.210 e. The molecule has 0 amide bonds. The minimum Gasteiger partial charge on any atom is -0.402 e. The summed E-state index contributed by atoms with van der Waals surface area (Å²) in [7, 11) is 0. The SMILES string of the molecule is C=C/C(C(=O)c1cc2cc(C=C)c(C3C(=O)C34CCCC4C(C)=O)cc2[nH]1)=C(\C)N. The van der Waals surface area contributed by atoms with Crippen molar-refractivity contribution in [3.8, 4) is 0 Å². The van der Waals surface area contributed by atoms with E-state index in [1.54, 1.807) is 26.0 Å². The molecule has 1 aromatic carbocycles. The minimum atomic E-state index is -0.558. The first kappa shape index (κ1) is 20.1. The van der Waals surface area contributed by atoms with Crippen LogP contribution in [0.25, 0.3) is 17.0 Å². The zero-order chi connectivity index (χ0) is 21.8. The number of benzene rings is 1. The monoisotopic (exact) mass is 402 g/mol. The third-order valence-electron chi connectivity index (χ3n) is 6.82. The molecule has 2 fully saturated rings. The number of fused-ring (bicyclic) bond motifs is 1. The molecule has 0 radical (unpaired) electrons. The van der Waals surface area contributed by atoms with Crippen LogP contribution in [0.15, 0.2) is 48.7 Å². The summed E-state index contributed by atoms with van der Waals surface area (Å²) < 4.78 is 0. The molecule has 5 nitrogen and oxygen atoms in total. The predicted molar refractivity (Wildman–Crippen MR) is 118 cm³/mol. The van der Waals surface area contributed by atoms with Gasteiger partial charge in [-0.3, -0.25) is 14.4 Å². The lowest BCUT2D eigenvalue weighted by molar-refractivity contribution is -0.125. The van der Waals surface area contributed by atoms with Crippen molar-refractivity contribution in [3.05, 3.63) is 65.5 Å². The molecule has 3 unspecified atom stereocenters. The number of hydrogen-bond acceptors (Lipinski definition) is 4. The average Bonchev–Trinajstić information content (AvgIpc) is 3.07. The Morgan fingerprint density at radius 3 is 2.57 bits per heavy atom. The second-order valence-electron chi connectivity index (χ2n) is 8.48. The number of nitrogens with two attached hydrogens (primary N) is 1. The molecule has 2 aromatic rings. The van der Waals surface area contributed by atoms with Crippen molar-refractivity contribution in [2.75, 3.05) is 0 Å². The van der Waals surface area contributed by atoms with Crippen LogP contribution < -0.4 is 5.73 Å². The zero-order valence-corrected chi connectivity index (χ0v) is 17.4. The van der Waals surface area contributed by atoms with Gasteiger partial charge in [0.15, 0.2) is 0 Å². The molecular weight excluding hydrogens is 376 g/mol. The van der Waals surface area contributed by atoms with E-state index in [0.29, 0.717) is 17.0 Å². The van der Waals surface area contributed by atoms with Crippen LogP contribution in [0, 0.1) is 11.3 Å². The predicted octanol–water partition coefficient (Wildman–Crippen LogP) is 4.45. The summed E-state index contributed by atoms with van der Waals surface area (Å²) in [4.78, 5) is 41.1. The number of aromatic amines is 1. The molecule has 0 aliphatic heterocycles. The number of aromatic nitrogens is 1. The summed E-state index contributed by atoms with van der Waals surface area (Å²) in [6.07, 6.45) is 5.62.